The fourth-order valence-electron chi connectivity index (χ4n) is 3.96. The molecule has 1 N–H and O–H groups in total. The highest BCUT2D eigenvalue weighted by Gasteiger charge is 2.33. The molecule has 0 heterocycles. The number of nitrogens with one attached hydrogen (secondary N) is 1. The highest BCUT2D eigenvalue weighted by atomic mass is 16.2. The zero-order valence-corrected chi connectivity index (χ0v) is 17.7. The Morgan fingerprint density at radius 3 is 1.93 bits per heavy atom. The molecule has 0 bridgehead atoms. The first-order valence-corrected chi connectivity index (χ1v) is 10.6. The van der Waals surface area contributed by atoms with E-state index in [2.05, 4.69) is 17.4 Å². The predicted octanol–water partition coefficient (Wildman–Crippen LogP) is 4.94. The molecule has 0 saturated heterocycles. The molecule has 4 heteroatoms. The number of amides is 2. The van der Waals surface area contributed by atoms with Gasteiger partial charge in [0.2, 0.25) is 11.8 Å². The Bertz CT molecular complexity index is 804. The van der Waals surface area contributed by atoms with Crippen LogP contribution in [0.25, 0.3) is 0 Å². The van der Waals surface area contributed by atoms with Gasteiger partial charge in [0.05, 0.1) is 6.54 Å². The van der Waals surface area contributed by atoms with Crippen molar-refractivity contribution >= 4 is 17.5 Å². The van der Waals surface area contributed by atoms with Gasteiger partial charge in [-0.2, -0.15) is 0 Å². The molecule has 2 aromatic rings. The highest BCUT2D eigenvalue weighted by Crippen LogP contribution is 2.32. The number of hydrogen-bond acceptors (Lipinski definition) is 2. The van der Waals surface area contributed by atoms with Gasteiger partial charge in [-0.1, -0.05) is 48.5 Å². The Hall–Kier alpha value is -2.62. The van der Waals surface area contributed by atoms with E-state index in [1.54, 1.807) is 0 Å². The molecule has 2 aromatic carbocycles. The van der Waals surface area contributed by atoms with Crippen molar-refractivity contribution in [3.63, 3.8) is 0 Å². The topological polar surface area (TPSA) is 49.4 Å². The molecule has 1 aliphatic rings. The molecular weight excluding hydrogens is 360 g/mol. The average Bonchev–Trinajstić information content (AvgIpc) is 2.72. The second kappa shape index (κ2) is 9.25. The number of nitrogens with zero attached hydrogens (tertiary/aromatic N) is 1. The lowest BCUT2D eigenvalue weighted by Gasteiger charge is -2.33. The first-order chi connectivity index (χ1) is 13.8. The molecule has 1 aliphatic carbocycles. The molecule has 0 spiro atoms. The molecule has 1 saturated carbocycles. The summed E-state index contributed by atoms with van der Waals surface area (Å²) in [5.41, 5.74) is 1.82. The maximum Gasteiger partial charge on any atom is 0.230 e. The third-order valence-electron chi connectivity index (χ3n) is 5.46. The number of rotatable bonds is 5. The lowest BCUT2D eigenvalue weighted by atomic mass is 9.80. The van der Waals surface area contributed by atoms with Gasteiger partial charge < -0.3 is 10.2 Å². The lowest BCUT2D eigenvalue weighted by molar-refractivity contribution is -0.130. The van der Waals surface area contributed by atoms with Crippen LogP contribution >= 0.6 is 0 Å². The predicted molar refractivity (Wildman–Crippen MR) is 117 cm³/mol. The molecule has 3 rings (SSSR count). The Morgan fingerprint density at radius 1 is 0.862 bits per heavy atom. The maximum atomic E-state index is 13.4. The van der Waals surface area contributed by atoms with Gasteiger partial charge >= 0.3 is 0 Å². The fraction of sp³-hybridized carbons (Fsp3) is 0.440. The normalized spacial score (nSPS) is 19.4. The lowest BCUT2D eigenvalue weighted by Crippen LogP contribution is -2.45. The van der Waals surface area contributed by atoms with Crippen molar-refractivity contribution in [2.45, 2.75) is 58.5 Å². The Balaban J connectivity index is 1.68. The zero-order chi connectivity index (χ0) is 20.9. The number of para-hydroxylation sites is 1. The first kappa shape index (κ1) is 21.1. The number of anilines is 1. The van der Waals surface area contributed by atoms with E-state index < -0.39 is 0 Å². The summed E-state index contributed by atoms with van der Waals surface area (Å²) in [6, 6.07) is 20.0. The van der Waals surface area contributed by atoms with Gasteiger partial charge in [-0.05, 0) is 64.2 Å². The first-order valence-electron chi connectivity index (χ1n) is 10.6. The third-order valence-corrected chi connectivity index (χ3v) is 5.46. The van der Waals surface area contributed by atoms with Gasteiger partial charge in [0, 0.05) is 23.1 Å². The van der Waals surface area contributed by atoms with Gasteiger partial charge in [0.25, 0.3) is 0 Å². The fourth-order valence-corrected chi connectivity index (χ4v) is 3.96. The van der Waals surface area contributed by atoms with E-state index in [0.717, 1.165) is 36.9 Å². The third kappa shape index (κ3) is 5.93. The summed E-state index contributed by atoms with van der Waals surface area (Å²) >= 11 is 0. The minimum Gasteiger partial charge on any atom is -0.351 e. The molecule has 4 nitrogen and oxygen atoms in total. The summed E-state index contributed by atoms with van der Waals surface area (Å²) in [6.07, 6.45) is 3.07. The van der Waals surface area contributed by atoms with Crippen molar-refractivity contribution < 1.29 is 9.59 Å². The molecule has 0 atom stereocenters. The van der Waals surface area contributed by atoms with E-state index in [1.165, 1.54) is 0 Å². The highest BCUT2D eigenvalue weighted by molar-refractivity contribution is 5.95. The number of carbonyl (C=O) groups is 2. The summed E-state index contributed by atoms with van der Waals surface area (Å²) in [7, 11) is 0. The van der Waals surface area contributed by atoms with Crippen molar-refractivity contribution in [1.29, 1.82) is 0 Å². The van der Waals surface area contributed by atoms with Crippen LogP contribution in [0.1, 0.15) is 52.0 Å². The molecule has 154 valence electrons. The van der Waals surface area contributed by atoms with Gasteiger partial charge in [0.1, 0.15) is 0 Å². The quantitative estimate of drug-likeness (QED) is 0.783. The molecule has 29 heavy (non-hydrogen) atoms. The van der Waals surface area contributed by atoms with Crippen LogP contribution in [0.4, 0.5) is 5.69 Å². The minimum absolute atomic E-state index is 0.0116. The van der Waals surface area contributed by atoms with Crippen molar-refractivity contribution in [1.82, 2.24) is 5.32 Å². The second-order valence-electron chi connectivity index (χ2n) is 9.03. The van der Waals surface area contributed by atoms with Crippen LogP contribution < -0.4 is 10.2 Å². The molecule has 0 aromatic heterocycles. The van der Waals surface area contributed by atoms with E-state index in [-0.39, 0.29) is 29.2 Å². The summed E-state index contributed by atoms with van der Waals surface area (Å²) in [6.45, 7) is 6.57. The number of carbonyl (C=O) groups excluding carboxylic acids is 2. The molecule has 0 radical (unpaired) electrons. The van der Waals surface area contributed by atoms with Gasteiger partial charge in [-0.15, -0.1) is 0 Å². The standard InChI is InChI=1S/C25H32N2O2/c1-25(2,3)26-23(28)20-14-16-21(17-15-20)24(29)27(22-12-8-5-9-13-22)18-19-10-6-4-7-11-19/h4-13,20-21H,14-18H2,1-3H3,(H,26,28). The number of benzene rings is 2. The molecule has 0 aliphatic heterocycles. The average molecular weight is 393 g/mol. The summed E-state index contributed by atoms with van der Waals surface area (Å²) in [4.78, 5) is 27.8. The Labute approximate surface area is 174 Å². The smallest absolute Gasteiger partial charge is 0.230 e. The Morgan fingerprint density at radius 2 is 1.38 bits per heavy atom. The van der Waals surface area contributed by atoms with E-state index in [4.69, 9.17) is 0 Å². The van der Waals surface area contributed by atoms with Crippen LogP contribution in [0, 0.1) is 11.8 Å². The van der Waals surface area contributed by atoms with Crippen molar-refractivity contribution in [2.75, 3.05) is 4.90 Å². The Kier molecular flexibility index (Phi) is 6.73. The molecule has 0 unspecified atom stereocenters. The van der Waals surface area contributed by atoms with Crippen LogP contribution in [0.3, 0.4) is 0 Å². The molecule has 1 fully saturated rings. The van der Waals surface area contributed by atoms with E-state index in [9.17, 15) is 9.59 Å². The molecule has 2 amide bonds. The number of hydrogen-bond donors (Lipinski definition) is 1. The van der Waals surface area contributed by atoms with E-state index in [0.29, 0.717) is 6.54 Å². The van der Waals surface area contributed by atoms with Gasteiger partial charge in [-0.25, -0.2) is 0 Å². The van der Waals surface area contributed by atoms with Gasteiger partial charge in [-0.3, -0.25) is 9.59 Å². The van der Waals surface area contributed by atoms with E-state index >= 15 is 0 Å². The second-order valence-corrected chi connectivity index (χ2v) is 9.03. The van der Waals surface area contributed by atoms with Crippen molar-refractivity contribution in [3.05, 3.63) is 66.2 Å². The van der Waals surface area contributed by atoms with Crippen LogP contribution in [0.15, 0.2) is 60.7 Å². The summed E-state index contributed by atoms with van der Waals surface area (Å²) in [5.74, 6) is 0.262. The monoisotopic (exact) mass is 392 g/mol. The molecular formula is C25H32N2O2. The van der Waals surface area contributed by atoms with Gasteiger partial charge in [0.15, 0.2) is 0 Å². The van der Waals surface area contributed by atoms with Crippen LogP contribution in [0.2, 0.25) is 0 Å². The zero-order valence-electron chi connectivity index (χ0n) is 17.7. The minimum atomic E-state index is -0.219. The van der Waals surface area contributed by atoms with Crippen molar-refractivity contribution in [2.24, 2.45) is 11.8 Å². The van der Waals surface area contributed by atoms with Crippen LogP contribution in [0.5, 0.6) is 0 Å². The summed E-state index contributed by atoms with van der Waals surface area (Å²) in [5, 5.41) is 3.08. The van der Waals surface area contributed by atoms with E-state index in [1.807, 2.05) is 74.2 Å². The van der Waals surface area contributed by atoms with Crippen LogP contribution in [-0.2, 0) is 16.1 Å². The SMILES string of the molecule is CC(C)(C)NC(=O)C1CCC(C(=O)N(Cc2ccccc2)c2ccccc2)CC1. The van der Waals surface area contributed by atoms with Crippen LogP contribution in [-0.4, -0.2) is 17.4 Å². The van der Waals surface area contributed by atoms with Crippen molar-refractivity contribution in [3.8, 4) is 0 Å². The largest absolute Gasteiger partial charge is 0.351 e. The summed E-state index contributed by atoms with van der Waals surface area (Å²) < 4.78 is 0. The maximum absolute atomic E-state index is 13.4.